The third-order valence-corrected chi connectivity index (χ3v) is 4.08. The SMILES string of the molecule is CC(C)c1ccc(C(NN)c2c(F)ccc(Br)c2F)cc1. The highest BCUT2D eigenvalue weighted by Crippen LogP contribution is 2.31. The van der Waals surface area contributed by atoms with Crippen LogP contribution in [-0.4, -0.2) is 0 Å². The molecule has 0 aliphatic rings. The van der Waals surface area contributed by atoms with Crippen LogP contribution in [0.5, 0.6) is 0 Å². The molecule has 0 aliphatic heterocycles. The Morgan fingerprint density at radius 1 is 1.00 bits per heavy atom. The van der Waals surface area contributed by atoms with Crippen LogP contribution in [0.2, 0.25) is 0 Å². The molecular formula is C16H17BrF2N2. The van der Waals surface area contributed by atoms with Crippen molar-refractivity contribution in [1.82, 2.24) is 5.43 Å². The summed E-state index contributed by atoms with van der Waals surface area (Å²) in [6.45, 7) is 4.17. The Bertz CT molecular complexity index is 627. The predicted molar refractivity (Wildman–Crippen MR) is 83.8 cm³/mol. The van der Waals surface area contributed by atoms with E-state index in [2.05, 4.69) is 35.2 Å². The van der Waals surface area contributed by atoms with Gasteiger partial charge in [0.05, 0.1) is 10.5 Å². The molecule has 0 amide bonds. The molecule has 2 aromatic rings. The van der Waals surface area contributed by atoms with Crippen molar-refractivity contribution in [3.05, 3.63) is 69.2 Å². The molecule has 2 rings (SSSR count). The summed E-state index contributed by atoms with van der Waals surface area (Å²) >= 11 is 3.07. The Labute approximate surface area is 131 Å². The van der Waals surface area contributed by atoms with Crippen LogP contribution in [0, 0.1) is 11.6 Å². The summed E-state index contributed by atoms with van der Waals surface area (Å²) in [7, 11) is 0. The fourth-order valence-electron chi connectivity index (χ4n) is 2.23. The molecule has 5 heteroatoms. The minimum Gasteiger partial charge on any atom is -0.271 e. The van der Waals surface area contributed by atoms with Crippen LogP contribution in [0.4, 0.5) is 8.78 Å². The average Bonchev–Trinajstić information content (AvgIpc) is 2.48. The van der Waals surface area contributed by atoms with Crippen LogP contribution < -0.4 is 11.3 Å². The monoisotopic (exact) mass is 354 g/mol. The van der Waals surface area contributed by atoms with Gasteiger partial charge in [0.25, 0.3) is 0 Å². The summed E-state index contributed by atoms with van der Waals surface area (Å²) in [6.07, 6.45) is 0. The topological polar surface area (TPSA) is 38.0 Å². The number of rotatable bonds is 4. The second-order valence-electron chi connectivity index (χ2n) is 5.18. The molecule has 0 bridgehead atoms. The van der Waals surface area contributed by atoms with Crippen molar-refractivity contribution in [2.45, 2.75) is 25.8 Å². The van der Waals surface area contributed by atoms with E-state index in [0.717, 1.165) is 5.56 Å². The molecule has 0 radical (unpaired) electrons. The van der Waals surface area contributed by atoms with Crippen LogP contribution in [0.25, 0.3) is 0 Å². The number of nitrogens with one attached hydrogen (secondary N) is 1. The van der Waals surface area contributed by atoms with Crippen molar-refractivity contribution >= 4 is 15.9 Å². The van der Waals surface area contributed by atoms with Crippen LogP contribution >= 0.6 is 15.9 Å². The van der Waals surface area contributed by atoms with Gasteiger partial charge in [0, 0.05) is 5.56 Å². The number of hydrazine groups is 1. The van der Waals surface area contributed by atoms with E-state index in [4.69, 9.17) is 5.84 Å². The van der Waals surface area contributed by atoms with E-state index in [1.54, 1.807) is 0 Å². The third-order valence-electron chi connectivity index (χ3n) is 3.47. The van der Waals surface area contributed by atoms with Crippen LogP contribution in [0.1, 0.15) is 42.5 Å². The number of hydrogen-bond acceptors (Lipinski definition) is 2. The summed E-state index contributed by atoms with van der Waals surface area (Å²) < 4.78 is 28.4. The van der Waals surface area contributed by atoms with E-state index in [0.29, 0.717) is 11.5 Å². The maximum atomic E-state index is 14.2. The van der Waals surface area contributed by atoms with Crippen molar-refractivity contribution in [3.8, 4) is 0 Å². The van der Waals surface area contributed by atoms with E-state index in [1.807, 2.05) is 24.3 Å². The summed E-state index contributed by atoms with van der Waals surface area (Å²) in [5, 5.41) is 0. The van der Waals surface area contributed by atoms with Gasteiger partial charge in [0.15, 0.2) is 0 Å². The molecule has 2 nitrogen and oxygen atoms in total. The summed E-state index contributed by atoms with van der Waals surface area (Å²) in [4.78, 5) is 0. The van der Waals surface area contributed by atoms with Crippen molar-refractivity contribution in [3.63, 3.8) is 0 Å². The molecule has 1 atom stereocenters. The molecule has 1 unspecified atom stereocenters. The standard InChI is InChI=1S/C16H17BrF2N2/c1-9(2)10-3-5-11(6-4-10)16(21-20)14-13(18)8-7-12(17)15(14)19/h3-9,16,21H,20H2,1-2H3. The largest absolute Gasteiger partial charge is 0.271 e. The molecule has 0 heterocycles. The molecule has 0 saturated carbocycles. The second kappa shape index (κ2) is 6.64. The first-order valence-electron chi connectivity index (χ1n) is 6.65. The first-order chi connectivity index (χ1) is 9.95. The maximum Gasteiger partial charge on any atom is 0.145 e. The van der Waals surface area contributed by atoms with E-state index in [9.17, 15) is 8.78 Å². The highest BCUT2D eigenvalue weighted by molar-refractivity contribution is 9.10. The van der Waals surface area contributed by atoms with Crippen molar-refractivity contribution in [2.24, 2.45) is 5.84 Å². The fraction of sp³-hybridized carbons (Fsp3) is 0.250. The lowest BCUT2D eigenvalue weighted by Crippen LogP contribution is -2.30. The van der Waals surface area contributed by atoms with Gasteiger partial charge in [-0.25, -0.2) is 14.2 Å². The molecule has 3 N–H and O–H groups in total. The lowest BCUT2D eigenvalue weighted by atomic mass is 9.95. The molecule has 0 spiro atoms. The van der Waals surface area contributed by atoms with Crippen molar-refractivity contribution in [2.75, 3.05) is 0 Å². The Kier molecular flexibility index (Phi) is 5.08. The summed E-state index contributed by atoms with van der Waals surface area (Å²) in [6, 6.07) is 9.36. The van der Waals surface area contributed by atoms with Gasteiger partial charge in [-0.05, 0) is 45.1 Å². The van der Waals surface area contributed by atoms with Gasteiger partial charge < -0.3 is 0 Å². The Balaban J connectivity index is 2.47. The van der Waals surface area contributed by atoms with Crippen LogP contribution in [0.15, 0.2) is 40.9 Å². The Morgan fingerprint density at radius 3 is 2.10 bits per heavy atom. The highest BCUT2D eigenvalue weighted by Gasteiger charge is 2.22. The first-order valence-corrected chi connectivity index (χ1v) is 7.44. The zero-order chi connectivity index (χ0) is 15.6. The van der Waals surface area contributed by atoms with Gasteiger partial charge >= 0.3 is 0 Å². The van der Waals surface area contributed by atoms with Crippen LogP contribution in [0.3, 0.4) is 0 Å². The quantitative estimate of drug-likeness (QED) is 0.485. The number of halogens is 3. The van der Waals surface area contributed by atoms with E-state index >= 15 is 0 Å². The Hall–Kier alpha value is -1.30. The van der Waals surface area contributed by atoms with Gasteiger partial charge in [-0.1, -0.05) is 38.1 Å². The van der Waals surface area contributed by atoms with Gasteiger partial charge in [0.2, 0.25) is 0 Å². The molecule has 0 fully saturated rings. The van der Waals surface area contributed by atoms with Crippen molar-refractivity contribution in [1.29, 1.82) is 0 Å². The molecule has 21 heavy (non-hydrogen) atoms. The molecule has 0 aliphatic carbocycles. The lowest BCUT2D eigenvalue weighted by molar-refractivity contribution is 0.507. The minimum absolute atomic E-state index is 0.0934. The summed E-state index contributed by atoms with van der Waals surface area (Å²) in [5.41, 5.74) is 4.26. The molecule has 0 saturated heterocycles. The highest BCUT2D eigenvalue weighted by atomic mass is 79.9. The van der Waals surface area contributed by atoms with Crippen LogP contribution in [-0.2, 0) is 0 Å². The van der Waals surface area contributed by atoms with E-state index in [1.165, 1.54) is 12.1 Å². The number of hydrogen-bond donors (Lipinski definition) is 2. The average molecular weight is 355 g/mol. The number of benzene rings is 2. The summed E-state index contributed by atoms with van der Waals surface area (Å²) in [5.74, 6) is 4.64. The molecular weight excluding hydrogens is 338 g/mol. The zero-order valence-electron chi connectivity index (χ0n) is 11.8. The van der Waals surface area contributed by atoms with Gasteiger partial charge in [-0.3, -0.25) is 5.84 Å². The molecule has 2 aromatic carbocycles. The number of nitrogens with two attached hydrogens (primary N) is 1. The van der Waals surface area contributed by atoms with Crippen molar-refractivity contribution < 1.29 is 8.78 Å². The molecule has 112 valence electrons. The maximum absolute atomic E-state index is 14.2. The second-order valence-corrected chi connectivity index (χ2v) is 6.03. The lowest BCUT2D eigenvalue weighted by Gasteiger charge is -2.19. The van der Waals surface area contributed by atoms with Gasteiger partial charge in [-0.2, -0.15) is 0 Å². The van der Waals surface area contributed by atoms with E-state index in [-0.39, 0.29) is 10.0 Å². The normalized spacial score (nSPS) is 12.7. The van der Waals surface area contributed by atoms with Gasteiger partial charge in [-0.15, -0.1) is 0 Å². The first kappa shape index (κ1) is 16.1. The zero-order valence-corrected chi connectivity index (χ0v) is 13.4. The van der Waals surface area contributed by atoms with Gasteiger partial charge in [0.1, 0.15) is 11.6 Å². The predicted octanol–water partition coefficient (Wildman–Crippen LogP) is 4.40. The fourth-order valence-corrected chi connectivity index (χ4v) is 2.57. The van der Waals surface area contributed by atoms with E-state index < -0.39 is 17.7 Å². The molecule has 0 aromatic heterocycles. The third kappa shape index (κ3) is 3.31. The minimum atomic E-state index is -0.747. The Morgan fingerprint density at radius 2 is 1.57 bits per heavy atom. The smallest absolute Gasteiger partial charge is 0.145 e.